The van der Waals surface area contributed by atoms with Crippen LogP contribution in [0.2, 0.25) is 0 Å². The summed E-state index contributed by atoms with van der Waals surface area (Å²) >= 11 is 0. The maximum Gasteiger partial charge on any atom is 0.338 e. The molecule has 0 saturated carbocycles. The number of hydrogen-bond donors (Lipinski definition) is 1. The van der Waals surface area contributed by atoms with Crippen LogP contribution in [-0.4, -0.2) is 28.6 Å². The van der Waals surface area contributed by atoms with Crippen LogP contribution in [-0.2, 0) is 6.54 Å². The van der Waals surface area contributed by atoms with Crippen molar-refractivity contribution in [3.05, 3.63) is 35.1 Å². The first-order valence-corrected chi connectivity index (χ1v) is 6.83. The lowest BCUT2D eigenvalue weighted by Crippen LogP contribution is -2.32. The molecule has 19 heavy (non-hydrogen) atoms. The molecule has 0 spiro atoms. The molecule has 1 saturated heterocycles. The van der Waals surface area contributed by atoms with Crippen LogP contribution in [0.25, 0.3) is 0 Å². The second-order valence-corrected chi connectivity index (χ2v) is 5.29. The van der Waals surface area contributed by atoms with Crippen LogP contribution in [0.1, 0.15) is 48.5 Å². The molecule has 0 bridgehead atoms. The van der Waals surface area contributed by atoms with Crippen molar-refractivity contribution in [1.82, 2.24) is 4.90 Å². The van der Waals surface area contributed by atoms with E-state index in [-0.39, 0.29) is 5.56 Å². The summed E-state index contributed by atoms with van der Waals surface area (Å²) in [6.07, 6.45) is 4.87. The van der Waals surface area contributed by atoms with Gasteiger partial charge in [-0.05, 0) is 44.0 Å². The lowest BCUT2D eigenvalue weighted by molar-refractivity contribution is 0.0692. The molecule has 1 aromatic rings. The Bertz CT molecular complexity index is 461. The van der Waals surface area contributed by atoms with Crippen LogP contribution in [0.5, 0.6) is 0 Å². The summed E-state index contributed by atoms with van der Waals surface area (Å²) in [4.78, 5) is 13.1. The molecule has 1 heterocycles. The number of carboxylic acid groups (broad SMARTS) is 1. The Kier molecular flexibility index (Phi) is 4.53. The predicted octanol–water partition coefficient (Wildman–Crippen LogP) is 3.29. The van der Waals surface area contributed by atoms with Crippen LogP contribution in [0, 0.1) is 5.82 Å². The summed E-state index contributed by atoms with van der Waals surface area (Å²) in [6.45, 7) is 3.93. The van der Waals surface area contributed by atoms with Gasteiger partial charge in [-0.25, -0.2) is 9.18 Å². The monoisotopic (exact) mass is 265 g/mol. The van der Waals surface area contributed by atoms with Crippen LogP contribution in [0.4, 0.5) is 4.39 Å². The number of likely N-dealkylation sites (tertiary alicyclic amines) is 1. The van der Waals surface area contributed by atoms with Gasteiger partial charge in [0.25, 0.3) is 0 Å². The molecule has 0 radical (unpaired) electrons. The number of carboxylic acids is 1. The summed E-state index contributed by atoms with van der Waals surface area (Å²) < 4.78 is 13.6. The zero-order valence-corrected chi connectivity index (χ0v) is 11.2. The maximum atomic E-state index is 13.6. The van der Waals surface area contributed by atoms with Crippen LogP contribution in [0.15, 0.2) is 18.2 Å². The van der Waals surface area contributed by atoms with Gasteiger partial charge in [0.05, 0.1) is 5.56 Å². The molecule has 104 valence electrons. The normalized spacial score (nSPS) is 21.1. The van der Waals surface area contributed by atoms with Crippen molar-refractivity contribution in [2.45, 2.75) is 45.2 Å². The molecule has 1 N–H and O–H groups in total. The van der Waals surface area contributed by atoms with Crippen molar-refractivity contribution >= 4 is 5.97 Å². The second-order valence-electron chi connectivity index (χ2n) is 5.29. The van der Waals surface area contributed by atoms with Crippen molar-refractivity contribution in [2.24, 2.45) is 0 Å². The van der Waals surface area contributed by atoms with Crippen LogP contribution >= 0.6 is 0 Å². The fourth-order valence-electron chi connectivity index (χ4n) is 2.63. The molecule has 1 atom stereocenters. The highest BCUT2D eigenvalue weighted by Crippen LogP contribution is 2.20. The first-order chi connectivity index (χ1) is 9.08. The highest BCUT2D eigenvalue weighted by Gasteiger charge is 2.18. The van der Waals surface area contributed by atoms with Crippen molar-refractivity contribution in [1.29, 1.82) is 0 Å². The lowest BCUT2D eigenvalue weighted by atomic mass is 10.1. The summed E-state index contributed by atoms with van der Waals surface area (Å²) in [5, 5.41) is 8.81. The van der Waals surface area contributed by atoms with E-state index in [9.17, 15) is 9.18 Å². The Morgan fingerprint density at radius 3 is 2.89 bits per heavy atom. The van der Waals surface area contributed by atoms with Gasteiger partial charge in [0.2, 0.25) is 0 Å². The molecular formula is C15H20FNO2. The molecule has 1 fully saturated rings. The minimum atomic E-state index is -1.22. The van der Waals surface area contributed by atoms with Gasteiger partial charge in [0.15, 0.2) is 0 Å². The third-order valence-electron chi connectivity index (χ3n) is 3.84. The lowest BCUT2D eigenvalue weighted by Gasteiger charge is -2.26. The molecule has 1 aromatic carbocycles. The summed E-state index contributed by atoms with van der Waals surface area (Å²) in [5.41, 5.74) is 0.587. The van der Waals surface area contributed by atoms with E-state index < -0.39 is 11.8 Å². The third kappa shape index (κ3) is 3.53. The Labute approximate surface area is 113 Å². The van der Waals surface area contributed by atoms with Crippen molar-refractivity contribution in [3.63, 3.8) is 0 Å². The average Bonchev–Trinajstić information content (AvgIpc) is 2.55. The zero-order chi connectivity index (χ0) is 13.8. The van der Waals surface area contributed by atoms with E-state index in [0.717, 1.165) is 12.1 Å². The topological polar surface area (TPSA) is 40.5 Å². The zero-order valence-electron chi connectivity index (χ0n) is 11.2. The Balaban J connectivity index is 2.10. The summed E-state index contributed by atoms with van der Waals surface area (Å²) in [5.74, 6) is -1.86. The molecule has 1 aliphatic rings. The maximum absolute atomic E-state index is 13.6. The van der Waals surface area contributed by atoms with Gasteiger partial charge in [0.1, 0.15) is 5.82 Å². The average molecular weight is 265 g/mol. The molecule has 1 unspecified atom stereocenters. The molecular weight excluding hydrogens is 245 g/mol. The molecule has 0 amide bonds. The number of halogens is 1. The Morgan fingerprint density at radius 1 is 1.42 bits per heavy atom. The first-order valence-electron chi connectivity index (χ1n) is 6.83. The van der Waals surface area contributed by atoms with E-state index in [4.69, 9.17) is 5.11 Å². The first kappa shape index (κ1) is 14.0. The van der Waals surface area contributed by atoms with Crippen molar-refractivity contribution in [2.75, 3.05) is 6.54 Å². The van der Waals surface area contributed by atoms with Crippen molar-refractivity contribution in [3.8, 4) is 0 Å². The number of aromatic carboxylic acids is 1. The summed E-state index contributed by atoms with van der Waals surface area (Å²) in [6, 6.07) is 4.92. The van der Waals surface area contributed by atoms with Crippen molar-refractivity contribution < 1.29 is 14.3 Å². The van der Waals surface area contributed by atoms with Gasteiger partial charge in [-0.15, -0.1) is 0 Å². The number of carbonyl (C=O) groups is 1. The van der Waals surface area contributed by atoms with Crippen LogP contribution in [0.3, 0.4) is 0 Å². The molecule has 0 aromatic heterocycles. The molecule has 3 nitrogen and oxygen atoms in total. The fraction of sp³-hybridized carbons (Fsp3) is 0.533. The SMILES string of the molecule is CC1CCCCCN1Cc1ccc(C(=O)O)c(F)c1. The van der Waals surface area contributed by atoms with Gasteiger partial charge in [0, 0.05) is 12.6 Å². The van der Waals surface area contributed by atoms with E-state index >= 15 is 0 Å². The molecule has 2 rings (SSSR count). The van der Waals surface area contributed by atoms with E-state index in [2.05, 4.69) is 11.8 Å². The second kappa shape index (κ2) is 6.15. The molecule has 1 aliphatic heterocycles. The minimum Gasteiger partial charge on any atom is -0.478 e. The van der Waals surface area contributed by atoms with Gasteiger partial charge >= 0.3 is 5.97 Å². The predicted molar refractivity (Wildman–Crippen MR) is 71.7 cm³/mol. The van der Waals surface area contributed by atoms with E-state index in [1.165, 1.54) is 37.8 Å². The van der Waals surface area contributed by atoms with Gasteiger partial charge in [-0.1, -0.05) is 18.9 Å². The number of hydrogen-bond acceptors (Lipinski definition) is 2. The van der Waals surface area contributed by atoms with Gasteiger partial charge in [-0.3, -0.25) is 4.90 Å². The van der Waals surface area contributed by atoms with Gasteiger partial charge in [-0.2, -0.15) is 0 Å². The van der Waals surface area contributed by atoms with Gasteiger partial charge < -0.3 is 5.11 Å². The van der Waals surface area contributed by atoms with Crippen LogP contribution < -0.4 is 0 Å². The quantitative estimate of drug-likeness (QED) is 0.911. The Morgan fingerprint density at radius 2 is 2.21 bits per heavy atom. The van der Waals surface area contributed by atoms with E-state index in [1.807, 2.05) is 0 Å². The van der Waals surface area contributed by atoms with E-state index in [1.54, 1.807) is 6.07 Å². The number of nitrogens with zero attached hydrogens (tertiary/aromatic N) is 1. The molecule has 0 aliphatic carbocycles. The largest absolute Gasteiger partial charge is 0.478 e. The highest BCUT2D eigenvalue weighted by atomic mass is 19.1. The minimum absolute atomic E-state index is 0.257. The third-order valence-corrected chi connectivity index (χ3v) is 3.84. The van der Waals surface area contributed by atoms with E-state index in [0.29, 0.717) is 12.6 Å². The number of benzene rings is 1. The highest BCUT2D eigenvalue weighted by molar-refractivity contribution is 5.87. The smallest absolute Gasteiger partial charge is 0.338 e. The summed E-state index contributed by atoms with van der Waals surface area (Å²) in [7, 11) is 0. The number of rotatable bonds is 3. The fourth-order valence-corrected chi connectivity index (χ4v) is 2.63. The molecule has 4 heteroatoms. The Hall–Kier alpha value is -1.42. The standard InChI is InChI=1S/C15H20FNO2/c1-11-5-3-2-4-8-17(11)10-12-6-7-13(15(18)19)14(16)9-12/h6-7,9,11H,2-5,8,10H2,1H3,(H,18,19).